The monoisotopic (exact) mass is 397 g/mol. The standard InChI is InChI=1S/C12H19N3O2S.HI/c1-13-12(15-8-6-11(16)17-2)14-7-5-10-4-3-9-18-10;/h3-4,9H,5-8H2,1-2H3,(H2,13,14,15);1H. The summed E-state index contributed by atoms with van der Waals surface area (Å²) in [5.41, 5.74) is 0. The van der Waals surface area contributed by atoms with Crippen LogP contribution >= 0.6 is 35.3 Å². The highest BCUT2D eigenvalue weighted by atomic mass is 127. The van der Waals surface area contributed by atoms with Crippen molar-refractivity contribution in [2.24, 2.45) is 4.99 Å². The van der Waals surface area contributed by atoms with Crippen LogP contribution in [0.1, 0.15) is 11.3 Å². The summed E-state index contributed by atoms with van der Waals surface area (Å²) in [6, 6.07) is 4.16. The summed E-state index contributed by atoms with van der Waals surface area (Å²) in [5.74, 6) is 0.479. The van der Waals surface area contributed by atoms with E-state index in [9.17, 15) is 4.79 Å². The number of rotatable bonds is 6. The van der Waals surface area contributed by atoms with Gasteiger partial charge in [-0.1, -0.05) is 6.07 Å². The summed E-state index contributed by atoms with van der Waals surface area (Å²) in [4.78, 5) is 16.3. The first-order valence-electron chi connectivity index (χ1n) is 5.80. The lowest BCUT2D eigenvalue weighted by atomic mass is 10.3. The van der Waals surface area contributed by atoms with Gasteiger partial charge < -0.3 is 15.4 Å². The molecule has 1 rings (SSSR count). The van der Waals surface area contributed by atoms with Crippen LogP contribution < -0.4 is 10.6 Å². The number of thiophene rings is 1. The minimum Gasteiger partial charge on any atom is -0.469 e. The largest absolute Gasteiger partial charge is 0.469 e. The topological polar surface area (TPSA) is 62.7 Å². The first-order valence-corrected chi connectivity index (χ1v) is 6.68. The highest BCUT2D eigenvalue weighted by molar-refractivity contribution is 14.0. The van der Waals surface area contributed by atoms with Crippen molar-refractivity contribution in [3.63, 3.8) is 0 Å². The molecule has 108 valence electrons. The molecule has 1 aromatic heterocycles. The van der Waals surface area contributed by atoms with Gasteiger partial charge >= 0.3 is 5.97 Å². The van der Waals surface area contributed by atoms with Gasteiger partial charge in [-0.3, -0.25) is 9.79 Å². The molecule has 0 saturated heterocycles. The highest BCUT2D eigenvalue weighted by Crippen LogP contribution is 2.07. The van der Waals surface area contributed by atoms with E-state index in [0.29, 0.717) is 18.9 Å². The Kier molecular flexibility index (Phi) is 10.6. The van der Waals surface area contributed by atoms with Gasteiger partial charge in [0.05, 0.1) is 13.5 Å². The smallest absolute Gasteiger partial charge is 0.307 e. The first kappa shape index (κ1) is 18.2. The maximum atomic E-state index is 10.9. The van der Waals surface area contributed by atoms with Crippen LogP contribution in [0, 0.1) is 0 Å². The lowest BCUT2D eigenvalue weighted by Crippen LogP contribution is -2.39. The summed E-state index contributed by atoms with van der Waals surface area (Å²) < 4.78 is 4.56. The third-order valence-electron chi connectivity index (χ3n) is 2.32. The van der Waals surface area contributed by atoms with Crippen molar-refractivity contribution in [3.8, 4) is 0 Å². The van der Waals surface area contributed by atoms with Crippen LogP contribution in [0.15, 0.2) is 22.5 Å². The number of nitrogens with zero attached hydrogens (tertiary/aromatic N) is 1. The third-order valence-corrected chi connectivity index (χ3v) is 3.25. The van der Waals surface area contributed by atoms with Gasteiger partial charge in [-0.25, -0.2) is 0 Å². The van der Waals surface area contributed by atoms with Crippen LogP contribution in [-0.4, -0.2) is 39.2 Å². The quantitative estimate of drug-likeness (QED) is 0.332. The van der Waals surface area contributed by atoms with Crippen LogP contribution in [0.3, 0.4) is 0 Å². The highest BCUT2D eigenvalue weighted by Gasteiger charge is 2.01. The van der Waals surface area contributed by atoms with Gasteiger partial charge in [-0.2, -0.15) is 0 Å². The van der Waals surface area contributed by atoms with E-state index in [2.05, 4.69) is 31.8 Å². The molecule has 0 fully saturated rings. The number of esters is 1. The van der Waals surface area contributed by atoms with Crippen molar-refractivity contribution in [2.45, 2.75) is 12.8 Å². The molecule has 0 aliphatic heterocycles. The van der Waals surface area contributed by atoms with Gasteiger partial charge in [0.15, 0.2) is 5.96 Å². The number of ether oxygens (including phenoxy) is 1. The van der Waals surface area contributed by atoms with Gasteiger partial charge in [0, 0.05) is 25.0 Å². The van der Waals surface area contributed by atoms with E-state index >= 15 is 0 Å². The molecule has 0 aliphatic carbocycles. The van der Waals surface area contributed by atoms with Gasteiger partial charge in [0.2, 0.25) is 0 Å². The Balaban J connectivity index is 0.00000324. The number of hydrogen-bond acceptors (Lipinski definition) is 4. The molecule has 5 nitrogen and oxygen atoms in total. The average Bonchev–Trinajstić information content (AvgIpc) is 2.89. The van der Waals surface area contributed by atoms with Gasteiger partial charge in [0.1, 0.15) is 0 Å². The van der Waals surface area contributed by atoms with E-state index in [1.165, 1.54) is 12.0 Å². The Morgan fingerprint density at radius 2 is 2.16 bits per heavy atom. The molecule has 2 N–H and O–H groups in total. The molecule has 0 aromatic carbocycles. The Morgan fingerprint density at radius 3 is 2.74 bits per heavy atom. The Morgan fingerprint density at radius 1 is 1.42 bits per heavy atom. The van der Waals surface area contributed by atoms with Crippen molar-refractivity contribution >= 4 is 47.2 Å². The molecule has 0 spiro atoms. The predicted molar refractivity (Wildman–Crippen MR) is 89.4 cm³/mol. The lowest BCUT2D eigenvalue weighted by molar-refractivity contribution is -0.140. The van der Waals surface area contributed by atoms with Crippen LogP contribution in [0.4, 0.5) is 0 Å². The molecular formula is C12H20IN3O2S. The number of hydrogen-bond donors (Lipinski definition) is 2. The zero-order chi connectivity index (χ0) is 13.2. The summed E-state index contributed by atoms with van der Waals surface area (Å²) in [6.07, 6.45) is 1.30. The van der Waals surface area contributed by atoms with E-state index in [0.717, 1.165) is 13.0 Å². The molecule has 19 heavy (non-hydrogen) atoms. The van der Waals surface area contributed by atoms with Crippen molar-refractivity contribution in [3.05, 3.63) is 22.4 Å². The summed E-state index contributed by atoms with van der Waals surface area (Å²) in [7, 11) is 3.09. The van der Waals surface area contributed by atoms with E-state index in [1.54, 1.807) is 18.4 Å². The van der Waals surface area contributed by atoms with E-state index in [-0.39, 0.29) is 29.9 Å². The van der Waals surface area contributed by atoms with Crippen LogP contribution in [0.2, 0.25) is 0 Å². The molecule has 0 unspecified atom stereocenters. The number of methoxy groups -OCH3 is 1. The molecular weight excluding hydrogens is 377 g/mol. The molecule has 0 bridgehead atoms. The fraction of sp³-hybridized carbons (Fsp3) is 0.500. The van der Waals surface area contributed by atoms with Crippen molar-refractivity contribution in [2.75, 3.05) is 27.2 Å². The minimum atomic E-state index is -0.225. The lowest BCUT2D eigenvalue weighted by Gasteiger charge is -2.10. The summed E-state index contributed by atoms with van der Waals surface area (Å²) in [6.45, 7) is 1.34. The van der Waals surface area contributed by atoms with Gasteiger partial charge in [0.25, 0.3) is 0 Å². The number of halogens is 1. The Labute approximate surface area is 134 Å². The molecule has 1 heterocycles. The molecule has 0 radical (unpaired) electrons. The molecule has 0 aliphatic rings. The fourth-order valence-electron chi connectivity index (χ4n) is 1.36. The Bertz CT molecular complexity index is 382. The maximum Gasteiger partial charge on any atom is 0.307 e. The number of guanidine groups is 1. The molecule has 0 amide bonds. The molecule has 0 saturated carbocycles. The first-order chi connectivity index (χ1) is 8.76. The van der Waals surface area contributed by atoms with Crippen molar-refractivity contribution < 1.29 is 9.53 Å². The number of carbonyl (C=O) groups excluding carboxylic acids is 1. The average molecular weight is 397 g/mol. The van der Waals surface area contributed by atoms with Crippen molar-refractivity contribution in [1.29, 1.82) is 0 Å². The normalized spacial score (nSPS) is 10.5. The Hall–Kier alpha value is -0.830. The molecule has 1 aromatic rings. The number of carbonyl (C=O) groups is 1. The predicted octanol–water partition coefficient (Wildman–Crippen LogP) is 1.64. The van der Waals surface area contributed by atoms with E-state index < -0.39 is 0 Å². The van der Waals surface area contributed by atoms with Crippen LogP contribution in [0.5, 0.6) is 0 Å². The summed E-state index contributed by atoms with van der Waals surface area (Å²) >= 11 is 1.75. The number of aliphatic imine (C=N–C) groups is 1. The second kappa shape index (κ2) is 11.0. The zero-order valence-corrected chi connectivity index (χ0v) is 14.3. The maximum absolute atomic E-state index is 10.9. The fourth-order valence-corrected chi connectivity index (χ4v) is 2.07. The second-order valence-corrected chi connectivity index (χ2v) is 4.61. The SMILES string of the molecule is CN=C(NCCC(=O)OC)NCCc1cccs1.I. The van der Waals surface area contributed by atoms with Gasteiger partial charge in [-0.15, -0.1) is 35.3 Å². The van der Waals surface area contributed by atoms with E-state index in [4.69, 9.17) is 0 Å². The zero-order valence-electron chi connectivity index (χ0n) is 11.1. The van der Waals surface area contributed by atoms with E-state index in [1.807, 2.05) is 6.07 Å². The molecule has 0 atom stereocenters. The second-order valence-electron chi connectivity index (χ2n) is 3.58. The van der Waals surface area contributed by atoms with Crippen LogP contribution in [-0.2, 0) is 16.0 Å². The van der Waals surface area contributed by atoms with Crippen LogP contribution in [0.25, 0.3) is 0 Å². The number of nitrogens with one attached hydrogen (secondary N) is 2. The summed E-state index contributed by atoms with van der Waals surface area (Å²) in [5, 5.41) is 8.32. The van der Waals surface area contributed by atoms with Crippen molar-refractivity contribution in [1.82, 2.24) is 10.6 Å². The third kappa shape index (κ3) is 8.04. The van der Waals surface area contributed by atoms with Gasteiger partial charge in [-0.05, 0) is 17.9 Å². The molecule has 7 heteroatoms. The minimum absolute atomic E-state index is 0.